The zero-order valence-electron chi connectivity index (χ0n) is 12.0. The van der Waals surface area contributed by atoms with Gasteiger partial charge in [0.25, 0.3) is 0 Å². The molecule has 0 radical (unpaired) electrons. The fourth-order valence-corrected chi connectivity index (χ4v) is 1.55. The van der Waals surface area contributed by atoms with Crippen LogP contribution in [0.15, 0.2) is 23.8 Å². The lowest BCUT2D eigenvalue weighted by molar-refractivity contribution is 0.273. The van der Waals surface area contributed by atoms with Crippen molar-refractivity contribution in [3.63, 3.8) is 0 Å². The molecule has 0 saturated heterocycles. The van der Waals surface area contributed by atoms with E-state index in [0.29, 0.717) is 24.0 Å². The summed E-state index contributed by atoms with van der Waals surface area (Å²) in [6.45, 7) is 4.91. The first-order valence-corrected chi connectivity index (χ1v) is 6.43. The van der Waals surface area contributed by atoms with E-state index in [9.17, 15) is 0 Å². The van der Waals surface area contributed by atoms with Crippen LogP contribution in [0, 0.1) is 28.6 Å². The van der Waals surface area contributed by atoms with Gasteiger partial charge in [0.05, 0.1) is 13.7 Å². The summed E-state index contributed by atoms with van der Waals surface area (Å²) < 4.78 is 10.9. The Morgan fingerprint density at radius 1 is 1.25 bits per heavy atom. The van der Waals surface area contributed by atoms with Crippen LogP contribution in [0.1, 0.15) is 25.8 Å². The van der Waals surface area contributed by atoms with E-state index in [-0.39, 0.29) is 5.57 Å². The average Bonchev–Trinajstić information content (AvgIpc) is 2.45. The van der Waals surface area contributed by atoms with Gasteiger partial charge in [-0.2, -0.15) is 10.5 Å². The highest BCUT2D eigenvalue weighted by atomic mass is 16.5. The maximum absolute atomic E-state index is 8.74. The molecule has 0 heterocycles. The molecule has 1 aromatic carbocycles. The van der Waals surface area contributed by atoms with Crippen LogP contribution in [0.5, 0.6) is 11.5 Å². The number of hydrogen-bond donors (Lipinski definition) is 0. The second kappa shape index (κ2) is 7.86. The van der Waals surface area contributed by atoms with Crippen LogP contribution >= 0.6 is 0 Å². The van der Waals surface area contributed by atoms with E-state index in [1.54, 1.807) is 25.3 Å². The number of nitrogens with zero attached hydrogens (tertiary/aromatic N) is 2. The van der Waals surface area contributed by atoms with Gasteiger partial charge in [-0.1, -0.05) is 19.9 Å². The summed E-state index contributed by atoms with van der Waals surface area (Å²) in [7, 11) is 1.56. The highest BCUT2D eigenvalue weighted by molar-refractivity contribution is 5.64. The number of allylic oxidation sites excluding steroid dienone is 1. The van der Waals surface area contributed by atoms with Crippen molar-refractivity contribution < 1.29 is 9.47 Å². The summed E-state index contributed by atoms with van der Waals surface area (Å²) >= 11 is 0. The topological polar surface area (TPSA) is 66.0 Å². The molecule has 0 bridgehead atoms. The zero-order valence-corrected chi connectivity index (χ0v) is 12.0. The molecule has 1 rings (SSSR count). The second-order valence-electron chi connectivity index (χ2n) is 4.72. The predicted molar refractivity (Wildman–Crippen MR) is 77.1 cm³/mol. The van der Waals surface area contributed by atoms with Crippen LogP contribution in [-0.4, -0.2) is 13.7 Å². The number of hydrogen-bond acceptors (Lipinski definition) is 4. The van der Waals surface area contributed by atoms with Crippen molar-refractivity contribution in [3.8, 4) is 23.6 Å². The van der Waals surface area contributed by atoms with Gasteiger partial charge in [-0.05, 0) is 36.1 Å². The first kappa shape index (κ1) is 15.6. The van der Waals surface area contributed by atoms with Crippen molar-refractivity contribution in [2.45, 2.75) is 20.3 Å². The molecule has 0 N–H and O–H groups in total. The van der Waals surface area contributed by atoms with Gasteiger partial charge in [0.15, 0.2) is 11.5 Å². The van der Waals surface area contributed by atoms with Gasteiger partial charge in [0, 0.05) is 0 Å². The molecule has 104 valence electrons. The minimum Gasteiger partial charge on any atom is -0.493 e. The number of methoxy groups -OCH3 is 1. The fourth-order valence-electron chi connectivity index (χ4n) is 1.55. The molecule has 0 fully saturated rings. The standard InChI is InChI=1S/C16H18N2O2/c1-12(2)6-7-20-15-5-4-13(9-16(15)19-3)8-14(10-17)11-18/h4-5,8-9,12H,6-7H2,1-3H3. The van der Waals surface area contributed by atoms with Crippen LogP contribution in [0.2, 0.25) is 0 Å². The van der Waals surface area contributed by atoms with Crippen molar-refractivity contribution >= 4 is 6.08 Å². The molecular weight excluding hydrogens is 252 g/mol. The van der Waals surface area contributed by atoms with Crippen LogP contribution < -0.4 is 9.47 Å². The van der Waals surface area contributed by atoms with Crippen molar-refractivity contribution in [3.05, 3.63) is 29.3 Å². The van der Waals surface area contributed by atoms with E-state index in [2.05, 4.69) is 13.8 Å². The SMILES string of the molecule is COc1cc(C=C(C#N)C#N)ccc1OCCC(C)C. The predicted octanol–water partition coefficient (Wildman–Crippen LogP) is 3.55. The van der Waals surface area contributed by atoms with Crippen molar-refractivity contribution in [2.24, 2.45) is 5.92 Å². The lowest BCUT2D eigenvalue weighted by atomic mass is 10.1. The smallest absolute Gasteiger partial charge is 0.161 e. The molecule has 0 aromatic heterocycles. The molecular formula is C16H18N2O2. The van der Waals surface area contributed by atoms with Gasteiger partial charge in [-0.3, -0.25) is 0 Å². The zero-order chi connectivity index (χ0) is 15.0. The molecule has 4 heteroatoms. The quantitative estimate of drug-likeness (QED) is 0.741. The van der Waals surface area contributed by atoms with Gasteiger partial charge < -0.3 is 9.47 Å². The van der Waals surface area contributed by atoms with E-state index < -0.39 is 0 Å². The first-order chi connectivity index (χ1) is 9.60. The summed E-state index contributed by atoms with van der Waals surface area (Å²) in [6.07, 6.45) is 2.48. The molecule has 4 nitrogen and oxygen atoms in total. The number of ether oxygens (including phenoxy) is 2. The van der Waals surface area contributed by atoms with Crippen LogP contribution in [-0.2, 0) is 0 Å². The average molecular weight is 270 g/mol. The Kier molecular flexibility index (Phi) is 6.13. The van der Waals surface area contributed by atoms with Crippen LogP contribution in [0.3, 0.4) is 0 Å². The Morgan fingerprint density at radius 2 is 1.95 bits per heavy atom. The molecule has 0 spiro atoms. The third-order valence-corrected chi connectivity index (χ3v) is 2.69. The van der Waals surface area contributed by atoms with Gasteiger partial charge in [0.1, 0.15) is 17.7 Å². The van der Waals surface area contributed by atoms with Crippen LogP contribution in [0.4, 0.5) is 0 Å². The van der Waals surface area contributed by atoms with Gasteiger partial charge in [-0.25, -0.2) is 0 Å². The van der Waals surface area contributed by atoms with Crippen molar-refractivity contribution in [1.82, 2.24) is 0 Å². The fraction of sp³-hybridized carbons (Fsp3) is 0.375. The highest BCUT2D eigenvalue weighted by Crippen LogP contribution is 2.29. The number of nitriles is 2. The number of benzene rings is 1. The van der Waals surface area contributed by atoms with Gasteiger partial charge >= 0.3 is 0 Å². The Balaban J connectivity index is 2.89. The van der Waals surface area contributed by atoms with E-state index in [1.807, 2.05) is 12.1 Å². The normalized spacial score (nSPS) is 9.50. The second-order valence-corrected chi connectivity index (χ2v) is 4.72. The summed E-state index contributed by atoms with van der Waals surface area (Å²) in [4.78, 5) is 0. The van der Waals surface area contributed by atoms with Crippen molar-refractivity contribution in [2.75, 3.05) is 13.7 Å². The van der Waals surface area contributed by atoms with E-state index in [4.69, 9.17) is 20.0 Å². The van der Waals surface area contributed by atoms with E-state index in [1.165, 1.54) is 6.08 Å². The summed E-state index contributed by atoms with van der Waals surface area (Å²) in [5.74, 6) is 1.84. The summed E-state index contributed by atoms with van der Waals surface area (Å²) in [5, 5.41) is 17.5. The van der Waals surface area contributed by atoms with E-state index in [0.717, 1.165) is 12.0 Å². The Hall–Kier alpha value is -2.46. The largest absolute Gasteiger partial charge is 0.493 e. The van der Waals surface area contributed by atoms with Gasteiger partial charge in [-0.15, -0.1) is 0 Å². The molecule has 0 aliphatic heterocycles. The molecule has 0 atom stereocenters. The molecule has 0 aliphatic rings. The highest BCUT2D eigenvalue weighted by Gasteiger charge is 2.06. The Bertz CT molecular complexity index is 547. The van der Waals surface area contributed by atoms with Gasteiger partial charge in [0.2, 0.25) is 0 Å². The Morgan fingerprint density at radius 3 is 2.50 bits per heavy atom. The number of rotatable bonds is 6. The lowest BCUT2D eigenvalue weighted by Gasteiger charge is -2.12. The first-order valence-electron chi connectivity index (χ1n) is 6.43. The summed E-state index contributed by atoms with van der Waals surface area (Å²) in [5.41, 5.74) is 0.789. The molecule has 1 aromatic rings. The maximum Gasteiger partial charge on any atom is 0.161 e. The minimum atomic E-state index is 0.0560. The molecule has 0 unspecified atom stereocenters. The third-order valence-electron chi connectivity index (χ3n) is 2.69. The lowest BCUT2D eigenvalue weighted by Crippen LogP contribution is -2.02. The molecule has 0 amide bonds. The van der Waals surface area contributed by atoms with E-state index >= 15 is 0 Å². The third kappa shape index (κ3) is 4.66. The monoisotopic (exact) mass is 270 g/mol. The maximum atomic E-state index is 8.74. The van der Waals surface area contributed by atoms with Crippen molar-refractivity contribution in [1.29, 1.82) is 10.5 Å². The molecule has 0 aliphatic carbocycles. The molecule has 0 saturated carbocycles. The molecule has 20 heavy (non-hydrogen) atoms. The van der Waals surface area contributed by atoms with Crippen LogP contribution in [0.25, 0.3) is 6.08 Å². The summed E-state index contributed by atoms with van der Waals surface area (Å²) in [6, 6.07) is 8.99. The minimum absolute atomic E-state index is 0.0560. The Labute approximate surface area is 119 Å².